The van der Waals surface area contributed by atoms with E-state index in [9.17, 15) is 20.1 Å². The van der Waals surface area contributed by atoms with E-state index in [0.29, 0.717) is 12.8 Å². The maximum Gasteiger partial charge on any atom is 0.220 e. The summed E-state index contributed by atoms with van der Waals surface area (Å²) in [6.45, 7) is 4.19. The summed E-state index contributed by atoms with van der Waals surface area (Å²) in [4.78, 5) is 12.4. The fourth-order valence-electron chi connectivity index (χ4n) is 7.40. The Morgan fingerprint density at radius 1 is 0.420 bits per heavy atom. The monoisotopic (exact) mass is 710 g/mol. The third-order valence-corrected chi connectivity index (χ3v) is 11.0. The molecule has 0 aliphatic carbocycles. The van der Waals surface area contributed by atoms with E-state index in [-0.39, 0.29) is 12.5 Å². The van der Waals surface area contributed by atoms with Crippen LogP contribution in [0.1, 0.15) is 258 Å². The van der Waals surface area contributed by atoms with Crippen LogP contribution in [0.15, 0.2) is 0 Å². The Balaban J connectivity index is 3.52. The molecule has 0 spiro atoms. The molecule has 5 nitrogen and oxygen atoms in total. The molecule has 0 heterocycles. The molecule has 0 bridgehead atoms. The number of hydrogen-bond donors (Lipinski definition) is 4. The van der Waals surface area contributed by atoms with Crippen LogP contribution in [0, 0.1) is 0 Å². The zero-order valence-electron chi connectivity index (χ0n) is 34.1. The van der Waals surface area contributed by atoms with Crippen molar-refractivity contribution in [2.24, 2.45) is 0 Å². The summed E-state index contributed by atoms with van der Waals surface area (Å²) in [6, 6.07) is -0.802. The molecule has 5 heteroatoms. The number of unbranched alkanes of at least 4 members (excludes halogenated alkanes) is 34. The lowest BCUT2D eigenvalue weighted by Crippen LogP contribution is -2.50. The summed E-state index contributed by atoms with van der Waals surface area (Å²) in [5.41, 5.74) is 0. The molecule has 0 saturated carbocycles. The average Bonchev–Trinajstić information content (AvgIpc) is 3.12. The molecule has 3 unspecified atom stereocenters. The lowest BCUT2D eigenvalue weighted by molar-refractivity contribution is -0.124. The van der Waals surface area contributed by atoms with Crippen molar-refractivity contribution in [2.75, 3.05) is 6.61 Å². The first-order valence-corrected chi connectivity index (χ1v) is 22.8. The molecule has 1 amide bonds. The summed E-state index contributed by atoms with van der Waals surface area (Å²) in [7, 11) is 0. The molecular weight excluding hydrogens is 618 g/mol. The predicted octanol–water partition coefficient (Wildman–Crippen LogP) is 13.0. The molecule has 0 saturated heterocycles. The first-order valence-electron chi connectivity index (χ1n) is 22.8. The number of aliphatic hydroxyl groups excluding tert-OH is 3. The van der Waals surface area contributed by atoms with Gasteiger partial charge in [0.15, 0.2) is 0 Å². The Morgan fingerprint density at radius 3 is 0.960 bits per heavy atom. The lowest BCUT2D eigenvalue weighted by atomic mass is 9.99. The predicted molar refractivity (Wildman–Crippen MR) is 218 cm³/mol. The fraction of sp³-hybridized carbons (Fsp3) is 0.978. The molecule has 0 aromatic heterocycles. The number of nitrogens with one attached hydrogen (secondary N) is 1. The van der Waals surface area contributed by atoms with E-state index in [1.165, 1.54) is 199 Å². The highest BCUT2D eigenvalue weighted by Crippen LogP contribution is 2.17. The topological polar surface area (TPSA) is 89.8 Å². The largest absolute Gasteiger partial charge is 0.394 e. The van der Waals surface area contributed by atoms with Gasteiger partial charge in [0, 0.05) is 6.42 Å². The number of aliphatic hydroxyl groups is 3. The summed E-state index contributed by atoms with van der Waals surface area (Å²) < 4.78 is 0. The molecule has 0 radical (unpaired) electrons. The van der Waals surface area contributed by atoms with Gasteiger partial charge in [0.2, 0.25) is 5.91 Å². The molecule has 0 aliphatic heterocycles. The van der Waals surface area contributed by atoms with Crippen LogP contribution in [0.25, 0.3) is 0 Å². The number of carbonyl (C=O) groups is 1. The van der Waals surface area contributed by atoms with Crippen LogP contribution in [0.4, 0.5) is 0 Å². The molecule has 300 valence electrons. The molecular formula is C45H91NO4. The van der Waals surface area contributed by atoms with Crippen molar-refractivity contribution < 1.29 is 20.1 Å². The molecule has 0 aromatic carbocycles. The van der Waals surface area contributed by atoms with Crippen molar-refractivity contribution in [1.82, 2.24) is 5.32 Å². The van der Waals surface area contributed by atoms with E-state index < -0.39 is 18.2 Å². The number of hydrogen-bond acceptors (Lipinski definition) is 4. The number of carbonyl (C=O) groups excluding carboxylic acids is 1. The van der Waals surface area contributed by atoms with E-state index in [0.717, 1.165) is 32.1 Å². The van der Waals surface area contributed by atoms with Crippen LogP contribution in [-0.2, 0) is 4.79 Å². The lowest BCUT2D eigenvalue weighted by Gasteiger charge is -2.26. The Labute approximate surface area is 313 Å². The molecule has 3 atom stereocenters. The van der Waals surface area contributed by atoms with Gasteiger partial charge >= 0.3 is 0 Å². The average molecular weight is 710 g/mol. The van der Waals surface area contributed by atoms with E-state index >= 15 is 0 Å². The standard InChI is InChI=1S/C45H91NO4/c1-3-5-7-9-11-13-15-17-18-19-20-21-22-23-24-25-26-27-28-30-32-34-36-38-40-44(49)46-42(41-47)45(50)43(48)39-37-35-33-31-29-16-14-12-10-8-6-4-2/h42-43,45,47-48,50H,3-41H2,1-2H3,(H,46,49). The maximum absolute atomic E-state index is 12.4. The van der Waals surface area contributed by atoms with Crippen LogP contribution in [0.2, 0.25) is 0 Å². The Morgan fingerprint density at radius 2 is 0.680 bits per heavy atom. The van der Waals surface area contributed by atoms with E-state index in [1.54, 1.807) is 0 Å². The molecule has 0 rings (SSSR count). The van der Waals surface area contributed by atoms with Gasteiger partial charge in [-0.1, -0.05) is 239 Å². The molecule has 0 fully saturated rings. The number of amides is 1. The van der Waals surface area contributed by atoms with Gasteiger partial charge in [-0.2, -0.15) is 0 Å². The van der Waals surface area contributed by atoms with Gasteiger partial charge in [-0.3, -0.25) is 4.79 Å². The number of rotatable bonds is 42. The van der Waals surface area contributed by atoms with Crippen molar-refractivity contribution in [1.29, 1.82) is 0 Å². The second-order valence-corrected chi connectivity index (χ2v) is 16.0. The molecule has 50 heavy (non-hydrogen) atoms. The second kappa shape index (κ2) is 41.1. The normalized spacial score (nSPS) is 13.5. The molecule has 0 aliphatic rings. The molecule has 0 aromatic rings. The van der Waals surface area contributed by atoms with Crippen molar-refractivity contribution in [2.45, 2.75) is 276 Å². The first-order chi connectivity index (χ1) is 24.6. The van der Waals surface area contributed by atoms with E-state index in [2.05, 4.69) is 19.2 Å². The smallest absolute Gasteiger partial charge is 0.220 e. The molecule has 4 N–H and O–H groups in total. The van der Waals surface area contributed by atoms with Crippen molar-refractivity contribution >= 4 is 5.91 Å². The van der Waals surface area contributed by atoms with Gasteiger partial charge in [0.25, 0.3) is 0 Å². The minimum Gasteiger partial charge on any atom is -0.394 e. The van der Waals surface area contributed by atoms with Crippen LogP contribution < -0.4 is 5.32 Å². The third-order valence-electron chi connectivity index (χ3n) is 11.0. The van der Waals surface area contributed by atoms with Gasteiger partial charge in [-0.15, -0.1) is 0 Å². The zero-order valence-corrected chi connectivity index (χ0v) is 34.1. The quantitative estimate of drug-likeness (QED) is 0.0475. The maximum atomic E-state index is 12.4. The van der Waals surface area contributed by atoms with Crippen LogP contribution in [-0.4, -0.2) is 46.1 Å². The van der Waals surface area contributed by atoms with E-state index in [4.69, 9.17) is 0 Å². The first kappa shape index (κ1) is 49.4. The Hall–Kier alpha value is -0.650. The van der Waals surface area contributed by atoms with Gasteiger partial charge in [0.1, 0.15) is 6.10 Å². The second-order valence-electron chi connectivity index (χ2n) is 16.0. The van der Waals surface area contributed by atoms with Crippen molar-refractivity contribution in [3.05, 3.63) is 0 Å². The van der Waals surface area contributed by atoms with Crippen LogP contribution >= 0.6 is 0 Å². The SMILES string of the molecule is CCCCCCCCCCCCCCCCCCCCCCCCCCC(=O)NC(CO)C(O)C(O)CCCCCCCCCCCCCC. The fourth-order valence-corrected chi connectivity index (χ4v) is 7.40. The summed E-state index contributed by atoms with van der Waals surface area (Å²) in [6.07, 6.45) is 46.5. The van der Waals surface area contributed by atoms with Crippen LogP contribution in [0.3, 0.4) is 0 Å². The third kappa shape index (κ3) is 35.7. The zero-order chi connectivity index (χ0) is 36.6. The highest BCUT2D eigenvalue weighted by atomic mass is 16.3. The van der Waals surface area contributed by atoms with Gasteiger partial charge in [0.05, 0.1) is 18.8 Å². The summed E-state index contributed by atoms with van der Waals surface area (Å²) in [5, 5.41) is 33.5. The Bertz CT molecular complexity index is 659. The summed E-state index contributed by atoms with van der Waals surface area (Å²) >= 11 is 0. The van der Waals surface area contributed by atoms with Gasteiger partial charge in [-0.05, 0) is 12.8 Å². The van der Waals surface area contributed by atoms with Crippen LogP contribution in [0.5, 0.6) is 0 Å². The minimum absolute atomic E-state index is 0.139. The van der Waals surface area contributed by atoms with Gasteiger partial charge in [-0.25, -0.2) is 0 Å². The van der Waals surface area contributed by atoms with Crippen molar-refractivity contribution in [3.8, 4) is 0 Å². The highest BCUT2D eigenvalue weighted by Gasteiger charge is 2.26. The van der Waals surface area contributed by atoms with Gasteiger partial charge < -0.3 is 20.6 Å². The minimum atomic E-state index is -1.13. The summed E-state index contributed by atoms with van der Waals surface area (Å²) in [5.74, 6) is -0.139. The highest BCUT2D eigenvalue weighted by molar-refractivity contribution is 5.76. The van der Waals surface area contributed by atoms with E-state index in [1.807, 2.05) is 0 Å². The van der Waals surface area contributed by atoms with Crippen molar-refractivity contribution in [3.63, 3.8) is 0 Å². The Kier molecular flexibility index (Phi) is 40.6.